The number of hydrogen-bond acceptors (Lipinski definition) is 6. The summed E-state index contributed by atoms with van der Waals surface area (Å²) in [6.07, 6.45) is 19.1. The minimum Gasteiger partial charge on any atom is -0.493 e. The van der Waals surface area contributed by atoms with Crippen LogP contribution in [0.2, 0.25) is 0 Å². The van der Waals surface area contributed by atoms with Gasteiger partial charge in [-0.15, -0.1) is 0 Å². The highest BCUT2D eigenvalue weighted by molar-refractivity contribution is 5.52. The highest BCUT2D eigenvalue weighted by Crippen LogP contribution is 2.44. The number of allylic oxidation sites excluding steroid dienone is 10. The second-order valence-electron chi connectivity index (χ2n) is 13.9. The third-order valence-corrected chi connectivity index (χ3v) is 9.69. The molecule has 2 saturated heterocycles. The second-order valence-corrected chi connectivity index (χ2v) is 13.9. The van der Waals surface area contributed by atoms with E-state index in [2.05, 4.69) is 119 Å². The van der Waals surface area contributed by atoms with Crippen LogP contribution in [0.1, 0.15) is 71.4 Å². The Bertz CT molecular complexity index is 1550. The number of benzene rings is 2. The van der Waals surface area contributed by atoms with Crippen LogP contribution in [-0.4, -0.2) is 56.5 Å². The number of ether oxygens (including phenoxy) is 5. The van der Waals surface area contributed by atoms with Crippen molar-refractivity contribution in [3.8, 4) is 11.5 Å². The van der Waals surface area contributed by atoms with Gasteiger partial charge in [0.1, 0.15) is 36.6 Å². The predicted molar refractivity (Wildman–Crippen MR) is 197 cm³/mol. The molecular weight excluding hydrogens is 612 g/mol. The summed E-state index contributed by atoms with van der Waals surface area (Å²) in [6, 6.07) is 17.1. The molecule has 1 N–H and O–H groups in total. The Morgan fingerprint density at radius 2 is 1.45 bits per heavy atom. The van der Waals surface area contributed by atoms with Gasteiger partial charge >= 0.3 is 0 Å². The Balaban J connectivity index is 1.46. The largest absolute Gasteiger partial charge is 0.493 e. The van der Waals surface area contributed by atoms with Gasteiger partial charge in [-0.3, -0.25) is 0 Å². The standard InChI is InChI=1S/C43H54O6/c1-7-10-33(14-13-32(3)46-27-31(2)44)42(4,5)34-11-8-9-12-35(16-15-34)43(6,37-19-23-39(24-20-37)47-29-41-30-49-41)36-17-21-38(22-18-36)45-26-25-40-28-48-40/h8-10,13-24,31,40-41,44H,3,7,11-12,25-30H2,1-2,4-6H3/b9-8-,14-13-,33-10+,34-15+,35-16+. The van der Waals surface area contributed by atoms with Crippen molar-refractivity contribution in [2.75, 3.05) is 33.0 Å². The van der Waals surface area contributed by atoms with E-state index in [1.807, 2.05) is 6.08 Å². The van der Waals surface area contributed by atoms with E-state index in [0.717, 1.165) is 50.4 Å². The lowest BCUT2D eigenvalue weighted by Crippen LogP contribution is -2.27. The molecule has 262 valence electrons. The van der Waals surface area contributed by atoms with Crippen LogP contribution in [0, 0.1) is 5.41 Å². The second kappa shape index (κ2) is 16.7. The highest BCUT2D eigenvalue weighted by Gasteiger charge is 2.34. The Morgan fingerprint density at radius 1 is 0.878 bits per heavy atom. The molecule has 2 aromatic rings. The summed E-state index contributed by atoms with van der Waals surface area (Å²) in [5.41, 5.74) is 5.56. The minimum atomic E-state index is -0.543. The topological polar surface area (TPSA) is 73.0 Å². The summed E-state index contributed by atoms with van der Waals surface area (Å²) in [7, 11) is 0. The fraction of sp³-hybridized carbons (Fsp3) is 0.442. The van der Waals surface area contributed by atoms with Gasteiger partial charge in [-0.2, -0.15) is 0 Å². The monoisotopic (exact) mass is 666 g/mol. The normalized spacial score (nSPS) is 23.9. The maximum Gasteiger partial charge on any atom is 0.119 e. The molecule has 1 aliphatic carbocycles. The third kappa shape index (κ3) is 10.1. The highest BCUT2D eigenvalue weighted by atomic mass is 16.6. The van der Waals surface area contributed by atoms with Crippen LogP contribution in [0.3, 0.4) is 0 Å². The summed E-state index contributed by atoms with van der Waals surface area (Å²) in [6.45, 7) is 17.9. The molecule has 2 aliphatic heterocycles. The first-order chi connectivity index (χ1) is 23.6. The molecule has 0 saturated carbocycles. The molecule has 2 heterocycles. The zero-order valence-corrected chi connectivity index (χ0v) is 30.0. The third-order valence-electron chi connectivity index (χ3n) is 9.69. The van der Waals surface area contributed by atoms with Gasteiger partial charge in [-0.1, -0.05) is 99.2 Å². The lowest BCUT2D eigenvalue weighted by Gasteiger charge is -2.35. The van der Waals surface area contributed by atoms with Crippen molar-refractivity contribution in [3.63, 3.8) is 0 Å². The van der Waals surface area contributed by atoms with Crippen molar-refractivity contribution >= 4 is 0 Å². The Kier molecular flexibility index (Phi) is 12.4. The molecule has 2 fully saturated rings. The molecule has 4 atom stereocenters. The van der Waals surface area contributed by atoms with Gasteiger partial charge in [0.2, 0.25) is 0 Å². The van der Waals surface area contributed by atoms with E-state index in [4.69, 9.17) is 23.7 Å². The molecule has 4 unspecified atom stereocenters. The van der Waals surface area contributed by atoms with Crippen LogP contribution < -0.4 is 9.47 Å². The van der Waals surface area contributed by atoms with Gasteiger partial charge < -0.3 is 28.8 Å². The maximum absolute atomic E-state index is 9.61. The summed E-state index contributed by atoms with van der Waals surface area (Å²) in [4.78, 5) is 0. The number of rotatable bonds is 18. The smallest absolute Gasteiger partial charge is 0.119 e. The number of aliphatic hydroxyl groups excluding tert-OH is 1. The lowest BCUT2D eigenvalue weighted by atomic mass is 9.68. The first kappa shape index (κ1) is 36.4. The van der Waals surface area contributed by atoms with Crippen molar-refractivity contribution in [3.05, 3.63) is 131 Å². The van der Waals surface area contributed by atoms with E-state index in [1.54, 1.807) is 6.92 Å². The maximum atomic E-state index is 9.61. The van der Waals surface area contributed by atoms with Crippen LogP contribution in [0.25, 0.3) is 0 Å². The molecule has 2 aromatic carbocycles. The van der Waals surface area contributed by atoms with E-state index in [9.17, 15) is 5.11 Å². The molecule has 0 bridgehead atoms. The van der Waals surface area contributed by atoms with Crippen LogP contribution >= 0.6 is 0 Å². The summed E-state index contributed by atoms with van der Waals surface area (Å²) < 4.78 is 28.3. The molecule has 5 rings (SSSR count). The van der Waals surface area contributed by atoms with Gasteiger partial charge in [0, 0.05) is 17.3 Å². The number of aliphatic hydroxyl groups is 1. The predicted octanol–water partition coefficient (Wildman–Crippen LogP) is 8.97. The molecule has 0 spiro atoms. The molecule has 6 heteroatoms. The average molecular weight is 667 g/mol. The zero-order chi connectivity index (χ0) is 34.9. The van der Waals surface area contributed by atoms with Gasteiger partial charge in [0.25, 0.3) is 0 Å². The van der Waals surface area contributed by atoms with Gasteiger partial charge in [0.05, 0.1) is 32.0 Å². The van der Waals surface area contributed by atoms with Crippen molar-refractivity contribution in [1.82, 2.24) is 0 Å². The minimum absolute atomic E-state index is 0.213. The fourth-order valence-corrected chi connectivity index (χ4v) is 6.19. The molecular formula is C43H54O6. The average Bonchev–Trinajstić information content (AvgIpc) is 4.01. The Hall–Kier alpha value is -3.84. The fourth-order valence-electron chi connectivity index (χ4n) is 6.19. The summed E-state index contributed by atoms with van der Waals surface area (Å²) in [5.74, 6) is 2.26. The van der Waals surface area contributed by atoms with Crippen molar-refractivity contribution < 1.29 is 28.8 Å². The van der Waals surface area contributed by atoms with Crippen LogP contribution in [0.15, 0.2) is 120 Å². The lowest BCUT2D eigenvalue weighted by molar-refractivity contribution is 0.0888. The Labute approximate surface area is 293 Å². The van der Waals surface area contributed by atoms with E-state index >= 15 is 0 Å². The van der Waals surface area contributed by atoms with Crippen LogP contribution in [-0.2, 0) is 19.6 Å². The first-order valence-electron chi connectivity index (χ1n) is 17.7. The molecule has 0 radical (unpaired) electrons. The van der Waals surface area contributed by atoms with Gasteiger partial charge in [-0.05, 0) is 80.2 Å². The Morgan fingerprint density at radius 3 is 2.02 bits per heavy atom. The van der Waals surface area contributed by atoms with Crippen molar-refractivity contribution in [2.45, 2.75) is 84.0 Å². The van der Waals surface area contributed by atoms with Crippen LogP contribution in [0.4, 0.5) is 0 Å². The quantitative estimate of drug-likeness (QED) is 0.0741. The van der Waals surface area contributed by atoms with Crippen LogP contribution in [0.5, 0.6) is 11.5 Å². The summed E-state index contributed by atoms with van der Waals surface area (Å²) in [5, 5.41) is 9.61. The van der Waals surface area contributed by atoms with Crippen molar-refractivity contribution in [1.29, 1.82) is 0 Å². The van der Waals surface area contributed by atoms with E-state index in [0.29, 0.717) is 25.1 Å². The van der Waals surface area contributed by atoms with Gasteiger partial charge in [0.15, 0.2) is 0 Å². The van der Waals surface area contributed by atoms with E-state index < -0.39 is 11.5 Å². The van der Waals surface area contributed by atoms with E-state index in [1.165, 1.54) is 27.8 Å². The number of hydrogen-bond donors (Lipinski definition) is 1. The van der Waals surface area contributed by atoms with E-state index in [-0.39, 0.29) is 18.1 Å². The molecule has 0 amide bonds. The molecule has 0 aromatic heterocycles. The molecule has 49 heavy (non-hydrogen) atoms. The SMILES string of the molecule is C=C(/C=C\C(=C/CC)C(C)(C)/C1=C/C=C(/C(C)(c2ccc(OCCC3CO3)cc2)c2ccc(OCC3CO3)cc2)C/C=C\C1)OCC(C)O. The zero-order valence-electron chi connectivity index (χ0n) is 30.0. The summed E-state index contributed by atoms with van der Waals surface area (Å²) >= 11 is 0. The first-order valence-corrected chi connectivity index (χ1v) is 17.7. The molecule has 6 nitrogen and oxygen atoms in total. The van der Waals surface area contributed by atoms with Gasteiger partial charge in [-0.25, -0.2) is 0 Å². The number of epoxide rings is 2. The molecule has 3 aliphatic rings. The van der Waals surface area contributed by atoms with Crippen molar-refractivity contribution in [2.24, 2.45) is 5.41 Å².